The number of aliphatic hydroxyl groups is 1. The molecule has 0 amide bonds. The molecule has 0 saturated carbocycles. The smallest absolute Gasteiger partial charge is 0.191 e. The van der Waals surface area contributed by atoms with Crippen LogP contribution in [0.1, 0.15) is 38.9 Å². The number of benzene rings is 2. The second kappa shape index (κ2) is 13.3. The number of aromatic nitrogens is 2. The van der Waals surface area contributed by atoms with E-state index in [4.69, 9.17) is 4.74 Å². The first-order valence-electron chi connectivity index (χ1n) is 10.9. The Balaban J connectivity index is 0.00000363. The fraction of sp³-hybridized carbons (Fsp3) is 0.417. The summed E-state index contributed by atoms with van der Waals surface area (Å²) >= 11 is 0. The summed E-state index contributed by atoms with van der Waals surface area (Å²) in [6.07, 6.45) is 2.28. The van der Waals surface area contributed by atoms with Gasteiger partial charge in [0.25, 0.3) is 0 Å². The van der Waals surface area contributed by atoms with Gasteiger partial charge in [0.15, 0.2) is 5.96 Å². The van der Waals surface area contributed by atoms with Gasteiger partial charge in [0, 0.05) is 19.6 Å². The molecule has 0 fully saturated rings. The van der Waals surface area contributed by atoms with Gasteiger partial charge < -0.3 is 25.0 Å². The molecular weight excluding hydrogens is 517 g/mol. The minimum Gasteiger partial charge on any atom is -0.491 e. The molecule has 1 atom stereocenters. The van der Waals surface area contributed by atoms with Crippen molar-refractivity contribution < 1.29 is 9.84 Å². The number of para-hydroxylation sites is 2. The molecule has 3 aromatic rings. The van der Waals surface area contributed by atoms with Gasteiger partial charge in [-0.25, -0.2) is 4.98 Å². The standard InChI is InChI=1S/C24H33N5O2.HI/c1-4-25-24(26-14-7-15-29-17-28-21-8-5-6-9-22(21)29)27-16-23(30)19-10-12-20(13-11-19)31-18(2)3;/h5-6,8-13,17-18,23,30H,4,7,14-16H2,1-3H3,(H2,25,26,27);1H. The number of guanidine groups is 1. The van der Waals surface area contributed by atoms with Crippen molar-refractivity contribution in [3.8, 4) is 5.75 Å². The Kier molecular flexibility index (Phi) is 10.8. The Bertz CT molecular complexity index is 972. The number of rotatable bonds is 10. The monoisotopic (exact) mass is 551 g/mol. The van der Waals surface area contributed by atoms with Crippen LogP contribution in [0.15, 0.2) is 59.9 Å². The molecule has 0 spiro atoms. The highest BCUT2D eigenvalue weighted by molar-refractivity contribution is 14.0. The number of fused-ring (bicyclic) bond motifs is 1. The summed E-state index contributed by atoms with van der Waals surface area (Å²) < 4.78 is 7.81. The number of hydrogen-bond donors (Lipinski definition) is 3. The lowest BCUT2D eigenvalue weighted by molar-refractivity contribution is 0.186. The lowest BCUT2D eigenvalue weighted by Gasteiger charge is -2.14. The van der Waals surface area contributed by atoms with Crippen LogP contribution in [-0.2, 0) is 6.54 Å². The van der Waals surface area contributed by atoms with Gasteiger partial charge in [-0.05, 0) is 57.0 Å². The summed E-state index contributed by atoms with van der Waals surface area (Å²) in [6, 6.07) is 15.7. The van der Waals surface area contributed by atoms with Gasteiger partial charge in [0.1, 0.15) is 5.75 Å². The average Bonchev–Trinajstić information content (AvgIpc) is 3.18. The Morgan fingerprint density at radius 3 is 2.59 bits per heavy atom. The van der Waals surface area contributed by atoms with E-state index < -0.39 is 6.10 Å². The van der Waals surface area contributed by atoms with Crippen LogP contribution in [0, 0.1) is 0 Å². The van der Waals surface area contributed by atoms with E-state index in [9.17, 15) is 5.11 Å². The fourth-order valence-electron chi connectivity index (χ4n) is 3.31. The molecule has 3 N–H and O–H groups in total. The van der Waals surface area contributed by atoms with Gasteiger partial charge in [-0.1, -0.05) is 24.3 Å². The summed E-state index contributed by atoms with van der Waals surface area (Å²) in [4.78, 5) is 8.97. The quantitative estimate of drug-likeness (QED) is 0.153. The molecule has 0 radical (unpaired) electrons. The van der Waals surface area contributed by atoms with E-state index >= 15 is 0 Å². The van der Waals surface area contributed by atoms with Crippen molar-refractivity contribution >= 4 is 41.0 Å². The van der Waals surface area contributed by atoms with E-state index in [2.05, 4.69) is 31.2 Å². The molecule has 7 nitrogen and oxygen atoms in total. The molecule has 0 aliphatic carbocycles. The zero-order chi connectivity index (χ0) is 22.1. The van der Waals surface area contributed by atoms with Crippen LogP contribution in [0.2, 0.25) is 0 Å². The number of nitrogens with zero attached hydrogens (tertiary/aromatic N) is 3. The van der Waals surface area contributed by atoms with Gasteiger partial charge in [0.2, 0.25) is 0 Å². The van der Waals surface area contributed by atoms with Gasteiger partial charge in [-0.2, -0.15) is 0 Å². The van der Waals surface area contributed by atoms with Crippen LogP contribution in [0.5, 0.6) is 5.75 Å². The maximum Gasteiger partial charge on any atom is 0.191 e. The molecule has 8 heteroatoms. The molecule has 1 aromatic heterocycles. The number of ether oxygens (including phenoxy) is 1. The largest absolute Gasteiger partial charge is 0.491 e. The van der Waals surface area contributed by atoms with Crippen LogP contribution in [0.3, 0.4) is 0 Å². The number of aryl methyl sites for hydroxylation is 1. The molecule has 0 saturated heterocycles. The first kappa shape index (κ1) is 25.9. The summed E-state index contributed by atoms with van der Waals surface area (Å²) in [5.41, 5.74) is 2.99. The van der Waals surface area contributed by atoms with Gasteiger partial charge >= 0.3 is 0 Å². The van der Waals surface area contributed by atoms with E-state index in [1.807, 2.05) is 69.6 Å². The van der Waals surface area contributed by atoms with Crippen LogP contribution >= 0.6 is 24.0 Å². The van der Waals surface area contributed by atoms with E-state index in [-0.39, 0.29) is 36.6 Å². The third-order valence-electron chi connectivity index (χ3n) is 4.80. The Morgan fingerprint density at radius 2 is 1.88 bits per heavy atom. The minimum atomic E-state index is -0.666. The number of halogens is 1. The molecule has 2 aromatic carbocycles. The predicted molar refractivity (Wildman–Crippen MR) is 141 cm³/mol. The topological polar surface area (TPSA) is 83.7 Å². The average molecular weight is 551 g/mol. The van der Waals surface area contributed by atoms with E-state index in [0.29, 0.717) is 5.96 Å². The van der Waals surface area contributed by atoms with Crippen molar-refractivity contribution in [2.45, 2.75) is 45.9 Å². The van der Waals surface area contributed by atoms with Gasteiger partial charge in [-0.15, -0.1) is 24.0 Å². The predicted octanol–water partition coefficient (Wildman–Crippen LogP) is 4.12. The zero-order valence-electron chi connectivity index (χ0n) is 19.0. The summed E-state index contributed by atoms with van der Waals surface area (Å²) in [5.74, 6) is 1.51. The van der Waals surface area contributed by atoms with E-state index in [0.717, 1.165) is 48.4 Å². The van der Waals surface area contributed by atoms with Crippen molar-refractivity contribution in [3.63, 3.8) is 0 Å². The summed E-state index contributed by atoms with van der Waals surface area (Å²) in [5, 5.41) is 17.1. The number of aliphatic imine (C=N–C) groups is 1. The summed E-state index contributed by atoms with van der Waals surface area (Å²) in [6.45, 7) is 8.70. The van der Waals surface area contributed by atoms with Gasteiger partial charge in [-0.3, -0.25) is 4.99 Å². The van der Waals surface area contributed by atoms with Crippen LogP contribution in [0.25, 0.3) is 11.0 Å². The van der Waals surface area contributed by atoms with Crippen molar-refractivity contribution in [1.29, 1.82) is 0 Å². The molecule has 3 rings (SSSR count). The highest BCUT2D eigenvalue weighted by atomic mass is 127. The maximum atomic E-state index is 10.5. The molecule has 0 bridgehead atoms. The Labute approximate surface area is 207 Å². The molecule has 1 heterocycles. The van der Waals surface area contributed by atoms with Crippen LogP contribution in [0.4, 0.5) is 0 Å². The van der Waals surface area contributed by atoms with Gasteiger partial charge in [0.05, 0.1) is 36.1 Å². The second-order valence-electron chi connectivity index (χ2n) is 7.68. The minimum absolute atomic E-state index is 0. The molecule has 32 heavy (non-hydrogen) atoms. The Hall–Kier alpha value is -2.33. The first-order valence-corrected chi connectivity index (χ1v) is 10.9. The van der Waals surface area contributed by atoms with Crippen LogP contribution in [-0.4, -0.2) is 46.4 Å². The Morgan fingerprint density at radius 1 is 1.12 bits per heavy atom. The number of imidazole rings is 1. The third kappa shape index (κ3) is 7.67. The van der Waals surface area contributed by atoms with Crippen molar-refractivity contribution in [2.24, 2.45) is 4.99 Å². The van der Waals surface area contributed by atoms with Crippen molar-refractivity contribution in [1.82, 2.24) is 20.2 Å². The van der Waals surface area contributed by atoms with E-state index in [1.54, 1.807) is 0 Å². The molecule has 174 valence electrons. The summed E-state index contributed by atoms with van der Waals surface area (Å²) in [7, 11) is 0. The molecule has 0 aliphatic rings. The van der Waals surface area contributed by atoms with E-state index in [1.165, 1.54) is 0 Å². The normalized spacial score (nSPS) is 12.5. The molecule has 0 aliphatic heterocycles. The molecule has 1 unspecified atom stereocenters. The van der Waals surface area contributed by atoms with Crippen molar-refractivity contribution in [3.05, 3.63) is 60.4 Å². The highest BCUT2D eigenvalue weighted by Crippen LogP contribution is 2.19. The first-order chi connectivity index (χ1) is 15.1. The SMILES string of the molecule is CCNC(=NCC(O)c1ccc(OC(C)C)cc1)NCCCn1cnc2ccccc21.I. The second-order valence-corrected chi connectivity index (χ2v) is 7.68. The third-order valence-corrected chi connectivity index (χ3v) is 4.80. The lowest BCUT2D eigenvalue weighted by Crippen LogP contribution is -2.38. The molecular formula is C24H34IN5O2. The number of aliphatic hydroxyl groups excluding tert-OH is 1. The number of hydrogen-bond acceptors (Lipinski definition) is 4. The maximum absolute atomic E-state index is 10.5. The van der Waals surface area contributed by atoms with Crippen molar-refractivity contribution in [2.75, 3.05) is 19.6 Å². The fourth-order valence-corrected chi connectivity index (χ4v) is 3.31. The lowest BCUT2D eigenvalue weighted by atomic mass is 10.1. The highest BCUT2D eigenvalue weighted by Gasteiger charge is 2.08. The van der Waals surface area contributed by atoms with Crippen LogP contribution < -0.4 is 15.4 Å². The zero-order valence-corrected chi connectivity index (χ0v) is 21.3. The number of nitrogens with one attached hydrogen (secondary N) is 2.